The summed E-state index contributed by atoms with van der Waals surface area (Å²) in [5, 5.41) is 15.1. The number of ketones is 1. The number of nitrogens with zero attached hydrogens (tertiary/aromatic N) is 1. The largest absolute Gasteiger partial charge is 0 e. The smallest absolute Gasteiger partial charge is 0 e. The van der Waals surface area contributed by atoms with Gasteiger partial charge in [0.25, 0.3) is 0 Å². The fourth-order valence-electron chi connectivity index (χ4n) is 6.68. The number of benzene rings is 3. The maximum Gasteiger partial charge on any atom is 0 e. The molecule has 0 saturated carbocycles. The van der Waals surface area contributed by atoms with Crippen molar-refractivity contribution in [1.29, 1.82) is 0 Å². The first-order valence-corrected chi connectivity index (χ1v) is 22.3. The van der Waals surface area contributed by atoms with Crippen molar-refractivity contribution in [2.75, 3.05) is 0 Å². The van der Waals surface area contributed by atoms with Crippen LogP contribution in [-0.2, 0) is 30.3 Å². The number of hydrogen-bond acceptors (Lipinski definition) is 3. The molecule has 3 nitrogen and oxygen atoms in total. The van der Waals surface area contributed by atoms with Gasteiger partial charge in [-0.05, 0) is 25.7 Å². The van der Waals surface area contributed by atoms with Gasteiger partial charge in [0.15, 0.2) is 5.78 Å². The van der Waals surface area contributed by atoms with Gasteiger partial charge in [-0.1, -0.05) is 27.7 Å². The second kappa shape index (κ2) is 17.6. The molecule has 5 aromatic rings. The first kappa shape index (κ1) is 40.8. The van der Waals surface area contributed by atoms with E-state index in [1.165, 1.54) is 42.8 Å². The van der Waals surface area contributed by atoms with E-state index >= 15 is 0 Å². The molecule has 1 N–H and O–H groups in total. The zero-order valence-corrected chi connectivity index (χ0v) is 36.1. The fourth-order valence-corrected chi connectivity index (χ4v) is 14.4. The quantitative estimate of drug-likeness (QED) is 0.0657. The second-order valence-corrected chi connectivity index (χ2v) is 21.8. The summed E-state index contributed by atoms with van der Waals surface area (Å²) in [5.74, 6) is 0.547. The summed E-state index contributed by atoms with van der Waals surface area (Å²) >= 11 is 0.274. The molecule has 0 aliphatic carbocycles. The van der Waals surface area contributed by atoms with E-state index in [0.29, 0.717) is 0 Å². The summed E-state index contributed by atoms with van der Waals surface area (Å²) in [6.07, 6.45) is 6.90. The van der Waals surface area contributed by atoms with E-state index in [4.69, 9.17) is 4.98 Å². The number of allylic oxidation sites excluding steroid dienone is 2. The van der Waals surface area contributed by atoms with E-state index in [0.717, 1.165) is 36.9 Å². The minimum absolute atomic E-state index is 0. The molecule has 2 aromatic heterocycles. The van der Waals surface area contributed by atoms with E-state index in [1.807, 2.05) is 33.9 Å². The van der Waals surface area contributed by atoms with E-state index in [2.05, 4.69) is 114 Å². The Morgan fingerprint density at radius 2 is 1.49 bits per heavy atom. The number of aromatic nitrogens is 1. The van der Waals surface area contributed by atoms with Gasteiger partial charge in [0.2, 0.25) is 0 Å². The molecule has 0 saturated heterocycles. The molecule has 0 unspecified atom stereocenters. The molecule has 0 spiro atoms. The van der Waals surface area contributed by atoms with Gasteiger partial charge < -0.3 is 5.11 Å². The Bertz CT molecular complexity index is 1880. The Morgan fingerprint density at radius 3 is 2.08 bits per heavy atom. The van der Waals surface area contributed by atoms with E-state index in [9.17, 15) is 9.90 Å². The van der Waals surface area contributed by atoms with Crippen molar-refractivity contribution in [3.8, 4) is 11.3 Å². The molecule has 49 heavy (non-hydrogen) atoms. The normalized spacial score (nSPS) is 12.3. The van der Waals surface area contributed by atoms with Crippen molar-refractivity contribution in [2.45, 2.75) is 99.6 Å². The van der Waals surface area contributed by atoms with Crippen molar-refractivity contribution < 1.29 is 30.0 Å². The third-order valence-corrected chi connectivity index (χ3v) is 19.2. The second-order valence-electron chi connectivity index (χ2n) is 14.5. The first-order chi connectivity index (χ1) is 22.8. The van der Waals surface area contributed by atoms with Crippen LogP contribution in [0, 0.1) is 24.8 Å². The number of rotatable bonds is 10. The van der Waals surface area contributed by atoms with Gasteiger partial charge in [0.1, 0.15) is 0 Å². The van der Waals surface area contributed by atoms with Gasteiger partial charge in [-0.15, -0.1) is 0 Å². The molecular weight excluding hydrogens is 862 g/mol. The molecule has 263 valence electrons. The first-order valence-electron chi connectivity index (χ1n) is 17.6. The van der Waals surface area contributed by atoms with E-state index in [-0.39, 0.29) is 63.4 Å². The predicted molar refractivity (Wildman–Crippen MR) is 211 cm³/mol. The topological polar surface area (TPSA) is 50.2 Å². The fraction of sp³-hybridized carbons (Fsp3) is 0.395. The Balaban J connectivity index is 0.000000347. The molecule has 0 aliphatic heterocycles. The average molecular weight is 916 g/mol. The summed E-state index contributed by atoms with van der Waals surface area (Å²) in [5.41, 5.74) is 5.14. The molecule has 0 bridgehead atoms. The van der Waals surface area contributed by atoms with Gasteiger partial charge >= 0.3 is 205 Å². The molecular formula is C43H54IrNO2SeSi-. The maximum atomic E-state index is 11.7. The summed E-state index contributed by atoms with van der Waals surface area (Å²) in [4.78, 5) is 16.7. The Hall–Kier alpha value is -2.59. The number of carbonyl (C=O) groups excluding carboxylic acids is 1. The van der Waals surface area contributed by atoms with E-state index in [1.54, 1.807) is 4.06 Å². The van der Waals surface area contributed by atoms with Crippen LogP contribution >= 0.6 is 0 Å². The standard InChI is InChI=1S/C30H30NSeSi.C13H24O2.Ir/c1-20-24-16-17-31-27(28(24)32-29(20)33(5,6)23-13-8-7-9-14-23)22-18-21-12-10-11-15-25(21)26(19-22)30(2,3)4;1-5-10(6-2)12(14)9-13(15)11(7-3)8-4;/h7-17,19H,1-6H3;9-11,14H,5-8H2,1-4H3;/q-1;;/b;12-9-;. The van der Waals surface area contributed by atoms with E-state index < -0.39 is 8.07 Å². The number of aryl methyl sites for hydroxylation is 1. The summed E-state index contributed by atoms with van der Waals surface area (Å²) < 4.78 is 3.11. The van der Waals surface area contributed by atoms with Crippen molar-refractivity contribution >= 4 is 58.0 Å². The van der Waals surface area contributed by atoms with Gasteiger partial charge in [0, 0.05) is 38.0 Å². The minimum atomic E-state index is -1.75. The zero-order chi connectivity index (χ0) is 35.2. The molecule has 5 rings (SSSR count). The molecule has 0 amide bonds. The van der Waals surface area contributed by atoms with Gasteiger partial charge in [-0.2, -0.15) is 0 Å². The van der Waals surface area contributed by atoms with Crippen molar-refractivity contribution in [3.63, 3.8) is 0 Å². The minimum Gasteiger partial charge on any atom is 0 e. The van der Waals surface area contributed by atoms with Crippen molar-refractivity contribution in [3.05, 3.63) is 102 Å². The predicted octanol–water partition coefficient (Wildman–Crippen LogP) is 10.2. The number of carbonyl (C=O) groups is 1. The number of hydrogen-bond donors (Lipinski definition) is 1. The summed E-state index contributed by atoms with van der Waals surface area (Å²) in [6.45, 7) is 22.3. The molecule has 0 aliphatic rings. The molecule has 3 aromatic carbocycles. The van der Waals surface area contributed by atoms with Crippen molar-refractivity contribution in [1.82, 2.24) is 4.98 Å². The van der Waals surface area contributed by atoms with Crippen LogP contribution in [0.3, 0.4) is 0 Å². The molecule has 2 heterocycles. The third kappa shape index (κ3) is 9.20. The summed E-state index contributed by atoms with van der Waals surface area (Å²) in [7, 11) is -1.75. The Morgan fingerprint density at radius 1 is 0.898 bits per heavy atom. The Labute approximate surface area is 315 Å². The number of aliphatic hydroxyl groups is 1. The van der Waals surface area contributed by atoms with Gasteiger partial charge in [0.05, 0.1) is 5.76 Å². The van der Waals surface area contributed by atoms with Crippen LogP contribution in [-0.4, -0.2) is 38.5 Å². The van der Waals surface area contributed by atoms with Crippen LogP contribution in [0.2, 0.25) is 13.1 Å². The zero-order valence-electron chi connectivity index (χ0n) is 31.0. The third-order valence-electron chi connectivity index (χ3n) is 9.84. The number of aliphatic hydroxyl groups excluding tert-OH is 1. The molecule has 0 atom stereocenters. The molecule has 6 heteroatoms. The summed E-state index contributed by atoms with van der Waals surface area (Å²) in [6, 6.07) is 28.1. The van der Waals surface area contributed by atoms with Crippen LogP contribution in [0.15, 0.2) is 84.8 Å². The number of pyridine rings is 1. The van der Waals surface area contributed by atoms with Crippen molar-refractivity contribution in [2.24, 2.45) is 11.8 Å². The Kier molecular flexibility index (Phi) is 14.6. The maximum absolute atomic E-state index is 11.7. The molecule has 0 fully saturated rings. The van der Waals surface area contributed by atoms with Crippen LogP contribution in [0.5, 0.6) is 0 Å². The van der Waals surface area contributed by atoms with Crippen LogP contribution < -0.4 is 9.25 Å². The van der Waals surface area contributed by atoms with Gasteiger partial charge in [-0.3, -0.25) is 4.79 Å². The van der Waals surface area contributed by atoms with Crippen LogP contribution in [0.25, 0.3) is 31.7 Å². The SMILES string of the molecule is CCC(CC)C(=O)/C=C(\O)C(CC)CC.Cc1c([Si](C)(C)c2ccccc2)[se]c2c(-c3[c-]c4ccccc4c(C(C)(C)C)c3)nccc12.[Ir]. The number of fused-ring (bicyclic) bond motifs is 2. The molecule has 1 radical (unpaired) electrons. The monoisotopic (exact) mass is 917 g/mol. The van der Waals surface area contributed by atoms with Crippen LogP contribution in [0.4, 0.5) is 0 Å². The van der Waals surface area contributed by atoms with Gasteiger partial charge in [-0.25, -0.2) is 0 Å². The van der Waals surface area contributed by atoms with Crippen LogP contribution in [0.1, 0.15) is 85.3 Å². The average Bonchev–Trinajstić information content (AvgIpc) is 3.42.